The summed E-state index contributed by atoms with van der Waals surface area (Å²) in [4.78, 5) is 6.38. The molecule has 128 valence electrons. The third kappa shape index (κ3) is 4.31. The number of primary sulfonamides is 1. The van der Waals surface area contributed by atoms with Gasteiger partial charge in [0, 0.05) is 19.3 Å². The highest BCUT2D eigenvalue weighted by molar-refractivity contribution is 7.89. The molecule has 1 aromatic carbocycles. The number of piperidine rings is 1. The number of ether oxygens (including phenoxy) is 1. The lowest BCUT2D eigenvalue weighted by Crippen LogP contribution is -2.37. The molecular formula is C17H21N3O3S. The Kier molecular flexibility index (Phi) is 5.13. The molecule has 0 amide bonds. The fourth-order valence-corrected chi connectivity index (χ4v) is 3.23. The van der Waals surface area contributed by atoms with Crippen LogP contribution in [0.1, 0.15) is 18.4 Å². The SMILES string of the molecule is NS(=O)(=O)c1ccc(N2CCC(OCc3ccccc3)CC2)nc1. The van der Waals surface area contributed by atoms with Gasteiger partial charge in [-0.25, -0.2) is 18.5 Å². The second-order valence-corrected chi connectivity index (χ2v) is 7.44. The Morgan fingerprint density at radius 2 is 1.83 bits per heavy atom. The number of nitrogens with zero attached hydrogens (tertiary/aromatic N) is 2. The van der Waals surface area contributed by atoms with Crippen molar-refractivity contribution in [3.05, 3.63) is 54.2 Å². The molecule has 0 aliphatic carbocycles. The highest BCUT2D eigenvalue weighted by atomic mass is 32.2. The second-order valence-electron chi connectivity index (χ2n) is 5.88. The van der Waals surface area contributed by atoms with Crippen LogP contribution in [0.25, 0.3) is 0 Å². The van der Waals surface area contributed by atoms with Crippen molar-refractivity contribution in [1.29, 1.82) is 0 Å². The Hall–Kier alpha value is -1.96. The zero-order chi connectivity index (χ0) is 17.0. The van der Waals surface area contributed by atoms with Gasteiger partial charge in [0.1, 0.15) is 10.7 Å². The van der Waals surface area contributed by atoms with Gasteiger partial charge >= 0.3 is 0 Å². The maximum Gasteiger partial charge on any atom is 0.239 e. The van der Waals surface area contributed by atoms with Gasteiger partial charge in [-0.1, -0.05) is 30.3 Å². The third-order valence-electron chi connectivity index (χ3n) is 4.14. The molecule has 0 bridgehead atoms. The molecule has 0 radical (unpaired) electrons. The lowest BCUT2D eigenvalue weighted by molar-refractivity contribution is 0.0250. The first-order valence-electron chi connectivity index (χ1n) is 7.92. The number of hydrogen-bond acceptors (Lipinski definition) is 5. The van der Waals surface area contributed by atoms with Crippen LogP contribution in [0.5, 0.6) is 0 Å². The number of benzene rings is 1. The summed E-state index contributed by atoms with van der Waals surface area (Å²) < 4.78 is 28.5. The van der Waals surface area contributed by atoms with Crippen LogP contribution in [0.4, 0.5) is 5.82 Å². The van der Waals surface area contributed by atoms with E-state index in [2.05, 4.69) is 22.0 Å². The molecular weight excluding hydrogens is 326 g/mol. The van der Waals surface area contributed by atoms with Crippen molar-refractivity contribution in [3.63, 3.8) is 0 Å². The zero-order valence-electron chi connectivity index (χ0n) is 13.3. The minimum absolute atomic E-state index is 0.0346. The molecule has 24 heavy (non-hydrogen) atoms. The quantitative estimate of drug-likeness (QED) is 0.893. The molecule has 0 unspecified atom stereocenters. The topological polar surface area (TPSA) is 85.5 Å². The van der Waals surface area contributed by atoms with Gasteiger partial charge in [-0.15, -0.1) is 0 Å². The van der Waals surface area contributed by atoms with Crippen LogP contribution in [-0.2, 0) is 21.4 Å². The van der Waals surface area contributed by atoms with E-state index < -0.39 is 10.0 Å². The van der Waals surface area contributed by atoms with Crippen molar-refractivity contribution in [2.45, 2.75) is 30.4 Å². The number of aromatic nitrogens is 1. The Labute approximate surface area is 142 Å². The van der Waals surface area contributed by atoms with E-state index in [0.717, 1.165) is 31.7 Å². The van der Waals surface area contributed by atoms with E-state index in [-0.39, 0.29) is 11.0 Å². The van der Waals surface area contributed by atoms with E-state index in [1.165, 1.54) is 17.8 Å². The summed E-state index contributed by atoms with van der Waals surface area (Å²) in [5.41, 5.74) is 1.18. The largest absolute Gasteiger partial charge is 0.373 e. The summed E-state index contributed by atoms with van der Waals surface area (Å²) in [7, 11) is -3.69. The minimum atomic E-state index is -3.69. The van der Waals surface area contributed by atoms with Gasteiger partial charge in [0.15, 0.2) is 0 Å². The van der Waals surface area contributed by atoms with E-state index in [4.69, 9.17) is 9.88 Å². The normalized spacial score (nSPS) is 16.3. The first kappa shape index (κ1) is 16.9. The first-order chi connectivity index (χ1) is 11.5. The predicted molar refractivity (Wildman–Crippen MR) is 92.1 cm³/mol. The summed E-state index contributed by atoms with van der Waals surface area (Å²) in [5.74, 6) is 0.768. The van der Waals surface area contributed by atoms with Crippen molar-refractivity contribution < 1.29 is 13.2 Å². The molecule has 0 atom stereocenters. The van der Waals surface area contributed by atoms with E-state index in [1.807, 2.05) is 18.2 Å². The van der Waals surface area contributed by atoms with Crippen LogP contribution in [0.15, 0.2) is 53.6 Å². The van der Waals surface area contributed by atoms with Crippen LogP contribution in [0.2, 0.25) is 0 Å². The number of nitrogens with two attached hydrogens (primary N) is 1. The number of pyridine rings is 1. The maximum absolute atomic E-state index is 11.3. The molecule has 2 N–H and O–H groups in total. The fourth-order valence-electron chi connectivity index (χ4n) is 2.77. The summed E-state index contributed by atoms with van der Waals surface area (Å²) >= 11 is 0. The van der Waals surface area contributed by atoms with E-state index >= 15 is 0 Å². The fraction of sp³-hybridized carbons (Fsp3) is 0.353. The van der Waals surface area contributed by atoms with E-state index in [9.17, 15) is 8.42 Å². The molecule has 0 saturated carbocycles. The lowest BCUT2D eigenvalue weighted by atomic mass is 10.1. The molecule has 1 aliphatic rings. The number of hydrogen-bond donors (Lipinski definition) is 1. The van der Waals surface area contributed by atoms with Crippen LogP contribution < -0.4 is 10.0 Å². The first-order valence-corrected chi connectivity index (χ1v) is 9.46. The average Bonchev–Trinajstić information content (AvgIpc) is 2.61. The van der Waals surface area contributed by atoms with E-state index in [1.54, 1.807) is 6.07 Å². The Morgan fingerprint density at radius 1 is 1.12 bits per heavy atom. The monoisotopic (exact) mass is 347 g/mol. The Morgan fingerprint density at radius 3 is 2.42 bits per heavy atom. The van der Waals surface area contributed by atoms with Crippen molar-refractivity contribution in [2.24, 2.45) is 5.14 Å². The summed E-state index contributed by atoms with van der Waals surface area (Å²) in [5, 5.41) is 5.09. The number of sulfonamides is 1. The second kappa shape index (κ2) is 7.29. The third-order valence-corrected chi connectivity index (χ3v) is 5.04. The van der Waals surface area contributed by atoms with Gasteiger partial charge in [-0.05, 0) is 30.5 Å². The van der Waals surface area contributed by atoms with Crippen LogP contribution in [-0.4, -0.2) is 32.6 Å². The summed E-state index contributed by atoms with van der Waals surface area (Å²) in [6.45, 7) is 2.30. The summed E-state index contributed by atoms with van der Waals surface area (Å²) in [6.07, 6.45) is 3.39. The molecule has 1 fully saturated rings. The van der Waals surface area contributed by atoms with Gasteiger partial charge in [-0.2, -0.15) is 0 Å². The average molecular weight is 347 g/mol. The van der Waals surface area contributed by atoms with Crippen LogP contribution in [0, 0.1) is 0 Å². The molecule has 3 rings (SSSR count). The van der Waals surface area contributed by atoms with Crippen LogP contribution in [0.3, 0.4) is 0 Å². The van der Waals surface area contributed by atoms with Crippen molar-refractivity contribution in [2.75, 3.05) is 18.0 Å². The van der Waals surface area contributed by atoms with Gasteiger partial charge < -0.3 is 9.64 Å². The van der Waals surface area contributed by atoms with Gasteiger partial charge in [0.25, 0.3) is 0 Å². The molecule has 1 aromatic heterocycles. The molecule has 1 saturated heterocycles. The Balaban J connectivity index is 1.51. The molecule has 7 heteroatoms. The molecule has 6 nitrogen and oxygen atoms in total. The Bertz CT molecular complexity index is 755. The van der Waals surface area contributed by atoms with Crippen molar-refractivity contribution >= 4 is 15.8 Å². The van der Waals surface area contributed by atoms with Crippen molar-refractivity contribution in [1.82, 2.24) is 4.98 Å². The standard InChI is InChI=1S/C17H21N3O3S/c18-24(21,22)16-6-7-17(19-12-16)20-10-8-15(9-11-20)23-13-14-4-2-1-3-5-14/h1-7,12,15H,8-11,13H2,(H2,18,21,22). The lowest BCUT2D eigenvalue weighted by Gasteiger charge is -2.32. The number of rotatable bonds is 5. The van der Waals surface area contributed by atoms with Gasteiger partial charge in [0.2, 0.25) is 10.0 Å². The summed E-state index contributed by atoms with van der Waals surface area (Å²) in [6, 6.07) is 13.3. The molecule has 0 spiro atoms. The molecule has 1 aliphatic heterocycles. The molecule has 2 heterocycles. The smallest absolute Gasteiger partial charge is 0.239 e. The van der Waals surface area contributed by atoms with Gasteiger partial charge in [0.05, 0.1) is 12.7 Å². The number of anilines is 1. The van der Waals surface area contributed by atoms with Gasteiger partial charge in [-0.3, -0.25) is 0 Å². The minimum Gasteiger partial charge on any atom is -0.373 e. The predicted octanol–water partition coefficient (Wildman–Crippen LogP) is 1.91. The highest BCUT2D eigenvalue weighted by Crippen LogP contribution is 2.21. The van der Waals surface area contributed by atoms with E-state index in [0.29, 0.717) is 6.61 Å². The maximum atomic E-state index is 11.3. The van der Waals surface area contributed by atoms with Crippen molar-refractivity contribution in [3.8, 4) is 0 Å². The zero-order valence-corrected chi connectivity index (χ0v) is 14.2. The highest BCUT2D eigenvalue weighted by Gasteiger charge is 2.21. The van der Waals surface area contributed by atoms with Crippen LogP contribution >= 0.6 is 0 Å². The molecule has 2 aromatic rings.